The molecule has 0 aromatic rings. The Bertz CT molecular complexity index is 342. The van der Waals surface area contributed by atoms with E-state index in [4.69, 9.17) is 16.0 Å². The predicted molar refractivity (Wildman–Crippen MR) is 94.0 cm³/mol. The topological polar surface area (TPSA) is 9.23 Å². The molecule has 0 saturated heterocycles. The van der Waals surface area contributed by atoms with E-state index in [1.807, 2.05) is 6.08 Å². The average molecular weight is 399 g/mol. The summed E-state index contributed by atoms with van der Waals surface area (Å²) in [4.78, 5) is 0. The number of hydrogen-bond acceptors (Lipinski definition) is 1. The van der Waals surface area contributed by atoms with E-state index >= 15 is 0 Å². The molecule has 18 heavy (non-hydrogen) atoms. The van der Waals surface area contributed by atoms with Gasteiger partial charge in [0.2, 0.25) is 0 Å². The Labute approximate surface area is 132 Å². The van der Waals surface area contributed by atoms with Crippen LogP contribution in [-0.4, -0.2) is 14.4 Å². The van der Waals surface area contributed by atoms with Gasteiger partial charge in [-0.15, -0.1) is 0 Å². The molecule has 0 unspecified atom stereocenters. The van der Waals surface area contributed by atoms with Gasteiger partial charge in [-0.05, 0) is 50.4 Å². The molecule has 0 fully saturated rings. The molecule has 0 rings (SSSR count). The van der Waals surface area contributed by atoms with Crippen molar-refractivity contribution < 1.29 is 4.43 Å². The quantitative estimate of drug-likeness (QED) is 0.302. The van der Waals surface area contributed by atoms with E-state index in [0.717, 1.165) is 10.0 Å². The molecule has 0 amide bonds. The summed E-state index contributed by atoms with van der Waals surface area (Å²) >= 11 is 8.01. The third-order valence-corrected chi connectivity index (χ3v) is 8.24. The van der Waals surface area contributed by atoms with Gasteiger partial charge in [0, 0.05) is 11.5 Å². The maximum atomic E-state index is 6.35. The van der Waals surface area contributed by atoms with Crippen LogP contribution in [0.5, 0.6) is 0 Å². The van der Waals surface area contributed by atoms with Crippen LogP contribution in [0, 0.1) is 0 Å². The first-order valence-electron chi connectivity index (χ1n) is 5.99. The molecule has 0 aromatic heterocycles. The van der Waals surface area contributed by atoms with E-state index in [0.29, 0.717) is 5.03 Å². The summed E-state index contributed by atoms with van der Waals surface area (Å²) in [7, 11) is -1.78. The van der Waals surface area contributed by atoms with Crippen LogP contribution >= 0.6 is 34.2 Å². The highest BCUT2D eigenvalue weighted by Gasteiger charge is 2.38. The molecule has 0 N–H and O–H groups in total. The summed E-state index contributed by atoms with van der Waals surface area (Å²) in [5.41, 5.74) is 0. The van der Waals surface area contributed by atoms with Crippen LogP contribution in [0.4, 0.5) is 0 Å². The first-order chi connectivity index (χ1) is 7.95. The molecule has 1 nitrogen and oxygen atoms in total. The van der Waals surface area contributed by atoms with Crippen LogP contribution in [0.25, 0.3) is 0 Å². The fourth-order valence-electron chi connectivity index (χ4n) is 1.13. The van der Waals surface area contributed by atoms with Gasteiger partial charge >= 0.3 is 0 Å². The van der Waals surface area contributed by atoms with Gasteiger partial charge in [0.15, 0.2) is 8.32 Å². The minimum absolute atomic E-state index is 0.0331. The Morgan fingerprint density at radius 1 is 1.39 bits per heavy atom. The van der Waals surface area contributed by atoms with Crippen molar-refractivity contribution in [1.29, 1.82) is 0 Å². The summed E-state index contributed by atoms with van der Waals surface area (Å²) in [5.74, 6) is 0. The minimum Gasteiger partial charge on any atom is -0.410 e. The molecule has 104 valence electrons. The van der Waals surface area contributed by atoms with E-state index in [1.165, 1.54) is 0 Å². The minimum atomic E-state index is -1.78. The Kier molecular flexibility index (Phi) is 7.43. The van der Waals surface area contributed by atoms with Gasteiger partial charge in [-0.25, -0.2) is 0 Å². The first kappa shape index (κ1) is 18.4. The highest BCUT2D eigenvalue weighted by atomic mass is 127. The molecule has 4 heteroatoms. The molecule has 0 heterocycles. The van der Waals surface area contributed by atoms with Crippen molar-refractivity contribution in [3.8, 4) is 0 Å². The number of halogens is 2. The van der Waals surface area contributed by atoms with Crippen LogP contribution in [-0.2, 0) is 4.43 Å². The van der Waals surface area contributed by atoms with E-state index in [2.05, 4.69) is 69.6 Å². The second kappa shape index (κ2) is 7.27. The molecule has 1 atom stereocenters. The zero-order valence-corrected chi connectivity index (χ0v) is 15.9. The normalized spacial score (nSPS) is 14.8. The second-order valence-electron chi connectivity index (χ2n) is 5.94. The van der Waals surface area contributed by atoms with E-state index < -0.39 is 8.32 Å². The van der Waals surface area contributed by atoms with Crippen molar-refractivity contribution in [3.05, 3.63) is 33.9 Å². The van der Waals surface area contributed by atoms with Gasteiger partial charge in [0.1, 0.15) is 0 Å². The van der Waals surface area contributed by atoms with Crippen LogP contribution in [0.1, 0.15) is 27.2 Å². The molecule has 0 aliphatic carbocycles. The lowest BCUT2D eigenvalue weighted by Crippen LogP contribution is -2.43. The fourth-order valence-corrected chi connectivity index (χ4v) is 2.91. The predicted octanol–water partition coefficient (Wildman–Crippen LogP) is 6.02. The number of hydrogen-bond donors (Lipinski definition) is 0. The third kappa shape index (κ3) is 7.12. The summed E-state index contributed by atoms with van der Waals surface area (Å²) in [6.45, 7) is 18.8. The molecule has 0 aliphatic heterocycles. The molecule has 0 bridgehead atoms. The number of allylic oxidation sites excluding steroid dienone is 2. The van der Waals surface area contributed by atoms with Crippen molar-refractivity contribution in [1.82, 2.24) is 0 Å². The molecule has 0 saturated carbocycles. The Morgan fingerprint density at radius 2 is 1.89 bits per heavy atom. The average Bonchev–Trinajstić information content (AvgIpc) is 2.10. The Hall–Kier alpha value is 0.417. The van der Waals surface area contributed by atoms with Crippen molar-refractivity contribution in [2.75, 3.05) is 0 Å². The van der Waals surface area contributed by atoms with Gasteiger partial charge in [-0.3, -0.25) is 0 Å². The van der Waals surface area contributed by atoms with Crippen LogP contribution in [0.3, 0.4) is 0 Å². The van der Waals surface area contributed by atoms with Gasteiger partial charge in [0.25, 0.3) is 0 Å². The zero-order valence-electron chi connectivity index (χ0n) is 12.0. The molecule has 0 radical (unpaired) electrons. The SMILES string of the molecule is C=C(Cl)/C=C/[C@H](CC(=C)I)O[Si](C)(C)C(C)(C)C. The van der Waals surface area contributed by atoms with Crippen LogP contribution in [0.2, 0.25) is 18.1 Å². The smallest absolute Gasteiger partial charge is 0.192 e. The molecular formula is C14H24ClIOSi. The van der Waals surface area contributed by atoms with Crippen molar-refractivity contribution in [2.24, 2.45) is 0 Å². The van der Waals surface area contributed by atoms with Crippen molar-refractivity contribution >= 4 is 42.5 Å². The Balaban J connectivity index is 4.89. The maximum Gasteiger partial charge on any atom is 0.192 e. The lowest BCUT2D eigenvalue weighted by molar-refractivity contribution is 0.227. The largest absolute Gasteiger partial charge is 0.410 e. The fraction of sp³-hybridized carbons (Fsp3) is 0.571. The van der Waals surface area contributed by atoms with Crippen LogP contribution < -0.4 is 0 Å². The third-order valence-electron chi connectivity index (χ3n) is 3.17. The lowest BCUT2D eigenvalue weighted by atomic mass is 10.2. The van der Waals surface area contributed by atoms with Crippen molar-refractivity contribution in [3.63, 3.8) is 0 Å². The van der Waals surface area contributed by atoms with E-state index in [9.17, 15) is 0 Å². The molecule has 0 aromatic carbocycles. The van der Waals surface area contributed by atoms with Gasteiger partial charge in [-0.2, -0.15) is 0 Å². The first-order valence-corrected chi connectivity index (χ1v) is 10.4. The summed E-state index contributed by atoms with van der Waals surface area (Å²) in [6, 6.07) is 0. The maximum absolute atomic E-state index is 6.35. The van der Waals surface area contributed by atoms with Gasteiger partial charge in [0.05, 0.1) is 6.10 Å². The van der Waals surface area contributed by atoms with Crippen LogP contribution in [0.15, 0.2) is 33.9 Å². The molecule has 0 aliphatic rings. The van der Waals surface area contributed by atoms with E-state index in [-0.39, 0.29) is 11.1 Å². The second-order valence-corrected chi connectivity index (χ2v) is 12.7. The summed E-state index contributed by atoms with van der Waals surface area (Å²) < 4.78 is 7.43. The summed E-state index contributed by atoms with van der Waals surface area (Å²) in [5, 5.41) is 0.724. The van der Waals surface area contributed by atoms with Crippen molar-refractivity contribution in [2.45, 2.75) is 51.4 Å². The van der Waals surface area contributed by atoms with Gasteiger partial charge in [-0.1, -0.05) is 51.6 Å². The summed E-state index contributed by atoms with van der Waals surface area (Å²) in [6.07, 6.45) is 4.64. The highest BCUT2D eigenvalue weighted by Crippen LogP contribution is 2.38. The Morgan fingerprint density at radius 3 is 2.22 bits per heavy atom. The number of rotatable bonds is 6. The molecular weight excluding hydrogens is 375 g/mol. The highest BCUT2D eigenvalue weighted by molar-refractivity contribution is 14.1. The molecule has 0 spiro atoms. The van der Waals surface area contributed by atoms with E-state index in [1.54, 1.807) is 6.08 Å². The van der Waals surface area contributed by atoms with Gasteiger partial charge < -0.3 is 4.43 Å². The standard InChI is InChI=1S/C14H24ClIOSi/c1-11(15)8-9-13(10-12(2)16)17-18(6,7)14(3,4)5/h8-9,13H,1-2,10H2,3-7H3/b9-8+/t13-/m1/s1. The zero-order chi connectivity index (χ0) is 14.6. The lowest BCUT2D eigenvalue weighted by Gasteiger charge is -2.38. The monoisotopic (exact) mass is 398 g/mol.